The van der Waals surface area contributed by atoms with Gasteiger partial charge in [-0.2, -0.15) is 0 Å². The largest absolute Gasteiger partial charge is 0.454 e. The van der Waals surface area contributed by atoms with Gasteiger partial charge in [0.25, 0.3) is 5.91 Å². The lowest BCUT2D eigenvalue weighted by atomic mass is 10.2. The Bertz CT molecular complexity index is 867. The van der Waals surface area contributed by atoms with Gasteiger partial charge in [-0.1, -0.05) is 19.1 Å². The van der Waals surface area contributed by atoms with Gasteiger partial charge in [-0.05, 0) is 24.3 Å². The van der Waals surface area contributed by atoms with E-state index in [4.69, 9.17) is 14.2 Å². The fourth-order valence-corrected chi connectivity index (χ4v) is 3.31. The van der Waals surface area contributed by atoms with E-state index >= 15 is 0 Å². The second-order valence-corrected chi connectivity index (χ2v) is 7.03. The van der Waals surface area contributed by atoms with Crippen LogP contribution in [0.4, 0.5) is 5.69 Å². The quantitative estimate of drug-likeness (QED) is 0.780. The van der Waals surface area contributed by atoms with Gasteiger partial charge in [0.1, 0.15) is 0 Å². The molecule has 1 atom stereocenters. The number of anilines is 1. The monoisotopic (exact) mass is 375 g/mol. The van der Waals surface area contributed by atoms with Crippen LogP contribution in [0.3, 0.4) is 0 Å². The van der Waals surface area contributed by atoms with Crippen molar-refractivity contribution in [2.24, 2.45) is 0 Å². The minimum absolute atomic E-state index is 0.142. The average Bonchev–Trinajstić information content (AvgIpc) is 3.13. The normalized spacial score (nSPS) is 13.1. The molecule has 0 unspecified atom stereocenters. The van der Waals surface area contributed by atoms with E-state index in [0.29, 0.717) is 27.8 Å². The molecule has 0 saturated heterocycles. The van der Waals surface area contributed by atoms with Crippen LogP contribution in [0.25, 0.3) is 0 Å². The summed E-state index contributed by atoms with van der Waals surface area (Å²) >= 11 is 0. The summed E-state index contributed by atoms with van der Waals surface area (Å²) in [6.07, 6.45) is 0. The van der Waals surface area contributed by atoms with Gasteiger partial charge in [-0.3, -0.25) is 9.00 Å². The molecule has 26 heavy (non-hydrogen) atoms. The molecule has 1 amide bonds. The third-order valence-electron chi connectivity index (χ3n) is 3.61. The zero-order valence-corrected chi connectivity index (χ0v) is 14.8. The second kappa shape index (κ2) is 8.01. The van der Waals surface area contributed by atoms with E-state index in [-0.39, 0.29) is 12.4 Å². The lowest BCUT2D eigenvalue weighted by molar-refractivity contribution is -0.119. The van der Waals surface area contributed by atoms with Crippen LogP contribution < -0.4 is 14.8 Å². The maximum absolute atomic E-state index is 12.2. The second-order valence-electron chi connectivity index (χ2n) is 5.32. The molecule has 0 fully saturated rings. The number of ether oxygens (including phenoxy) is 3. The molecule has 1 aliphatic rings. The first-order valence-electron chi connectivity index (χ1n) is 7.92. The van der Waals surface area contributed by atoms with E-state index in [1.54, 1.807) is 43.3 Å². The summed E-state index contributed by atoms with van der Waals surface area (Å²) in [7, 11) is -1.30. The van der Waals surface area contributed by atoms with Crippen molar-refractivity contribution in [3.63, 3.8) is 0 Å². The maximum atomic E-state index is 12.2. The molecular weight excluding hydrogens is 358 g/mol. The van der Waals surface area contributed by atoms with Crippen molar-refractivity contribution in [2.75, 3.05) is 24.5 Å². The van der Waals surface area contributed by atoms with E-state index in [0.717, 1.165) is 0 Å². The maximum Gasteiger partial charge on any atom is 0.339 e. The molecule has 1 heterocycles. The van der Waals surface area contributed by atoms with Crippen LogP contribution in [0, 0.1) is 0 Å². The summed E-state index contributed by atoms with van der Waals surface area (Å²) in [6.45, 7) is 1.44. The van der Waals surface area contributed by atoms with Gasteiger partial charge >= 0.3 is 5.97 Å². The minimum Gasteiger partial charge on any atom is -0.454 e. The molecule has 7 nitrogen and oxygen atoms in total. The van der Waals surface area contributed by atoms with E-state index in [1.807, 2.05) is 0 Å². The summed E-state index contributed by atoms with van der Waals surface area (Å²) in [5.41, 5.74) is 0.700. The molecule has 2 aromatic carbocycles. The van der Waals surface area contributed by atoms with Gasteiger partial charge in [0.05, 0.1) is 21.3 Å². The molecule has 1 aliphatic heterocycles. The molecule has 0 saturated carbocycles. The van der Waals surface area contributed by atoms with Gasteiger partial charge in [0, 0.05) is 17.5 Å². The molecule has 0 bridgehead atoms. The predicted molar refractivity (Wildman–Crippen MR) is 94.9 cm³/mol. The average molecular weight is 375 g/mol. The topological polar surface area (TPSA) is 90.9 Å². The lowest BCUT2D eigenvalue weighted by Crippen LogP contribution is -2.21. The number of fused-ring (bicyclic) bond motifs is 1. The van der Waals surface area contributed by atoms with Gasteiger partial charge < -0.3 is 19.5 Å². The molecule has 136 valence electrons. The highest BCUT2D eigenvalue weighted by molar-refractivity contribution is 7.85. The Balaban J connectivity index is 1.59. The number of hydrogen-bond acceptors (Lipinski definition) is 6. The highest BCUT2D eigenvalue weighted by Crippen LogP contribution is 2.34. The summed E-state index contributed by atoms with van der Waals surface area (Å²) < 4.78 is 27.5. The van der Waals surface area contributed by atoms with Gasteiger partial charge in [-0.15, -0.1) is 0 Å². The molecule has 1 N–H and O–H groups in total. The first-order chi connectivity index (χ1) is 12.6. The Kier molecular flexibility index (Phi) is 5.52. The van der Waals surface area contributed by atoms with Crippen LogP contribution in [0.1, 0.15) is 17.3 Å². The van der Waals surface area contributed by atoms with Crippen molar-refractivity contribution in [3.05, 3.63) is 48.0 Å². The molecule has 0 spiro atoms. The first-order valence-corrected chi connectivity index (χ1v) is 9.24. The summed E-state index contributed by atoms with van der Waals surface area (Å²) in [5.74, 6) is 0.342. The smallest absolute Gasteiger partial charge is 0.339 e. The SMILES string of the molecule is CC[S@](=O)c1ccccc1C(=O)OCC(=O)Nc1ccc2c(c1)OCO2. The van der Waals surface area contributed by atoms with E-state index in [2.05, 4.69) is 5.32 Å². The van der Waals surface area contributed by atoms with Gasteiger partial charge in [0.15, 0.2) is 18.1 Å². The zero-order chi connectivity index (χ0) is 18.5. The third-order valence-corrected chi connectivity index (χ3v) is 4.98. The zero-order valence-electron chi connectivity index (χ0n) is 14.0. The molecule has 0 radical (unpaired) electrons. The summed E-state index contributed by atoms with van der Waals surface area (Å²) in [4.78, 5) is 24.6. The number of hydrogen-bond donors (Lipinski definition) is 1. The van der Waals surface area contributed by atoms with Crippen molar-refractivity contribution < 1.29 is 28.0 Å². The van der Waals surface area contributed by atoms with Crippen molar-refractivity contribution in [2.45, 2.75) is 11.8 Å². The number of carbonyl (C=O) groups is 2. The van der Waals surface area contributed by atoms with Crippen molar-refractivity contribution >= 4 is 28.4 Å². The Morgan fingerprint density at radius 2 is 1.92 bits per heavy atom. The first kappa shape index (κ1) is 17.9. The molecule has 2 aromatic rings. The van der Waals surface area contributed by atoms with Crippen LogP contribution in [-0.4, -0.2) is 35.2 Å². The fraction of sp³-hybridized carbons (Fsp3) is 0.222. The number of amides is 1. The van der Waals surface area contributed by atoms with E-state index in [9.17, 15) is 13.8 Å². The van der Waals surface area contributed by atoms with Crippen LogP contribution in [0.5, 0.6) is 11.5 Å². The molecule has 0 aromatic heterocycles. The summed E-state index contributed by atoms with van der Waals surface area (Å²) in [5, 5.41) is 2.62. The van der Waals surface area contributed by atoms with Crippen LogP contribution in [0.15, 0.2) is 47.4 Å². The van der Waals surface area contributed by atoms with Gasteiger partial charge in [-0.25, -0.2) is 4.79 Å². The highest BCUT2D eigenvalue weighted by Gasteiger charge is 2.18. The Morgan fingerprint density at radius 1 is 1.15 bits per heavy atom. The number of nitrogens with one attached hydrogen (secondary N) is 1. The fourth-order valence-electron chi connectivity index (χ4n) is 2.37. The van der Waals surface area contributed by atoms with Crippen LogP contribution in [-0.2, 0) is 20.3 Å². The molecule has 8 heteroatoms. The van der Waals surface area contributed by atoms with E-state index in [1.165, 1.54) is 6.07 Å². The summed E-state index contributed by atoms with van der Waals surface area (Å²) in [6, 6.07) is 11.5. The van der Waals surface area contributed by atoms with Crippen LogP contribution >= 0.6 is 0 Å². The minimum atomic E-state index is -1.30. The van der Waals surface area contributed by atoms with Crippen molar-refractivity contribution in [3.8, 4) is 11.5 Å². The standard InChI is InChI=1S/C18H17NO6S/c1-2-26(22)16-6-4-3-5-13(16)18(21)23-10-17(20)19-12-7-8-14-15(9-12)25-11-24-14/h3-9H,2,10-11H2,1H3,(H,19,20)/t26-/m0/s1. The van der Waals surface area contributed by atoms with Crippen molar-refractivity contribution in [1.82, 2.24) is 0 Å². The number of rotatable bonds is 6. The Labute approximate surface area is 152 Å². The molecular formula is C18H17NO6S. The Hall–Kier alpha value is -2.87. The number of carbonyl (C=O) groups excluding carboxylic acids is 2. The predicted octanol–water partition coefficient (Wildman–Crippen LogP) is 2.34. The van der Waals surface area contributed by atoms with Crippen molar-refractivity contribution in [1.29, 1.82) is 0 Å². The van der Waals surface area contributed by atoms with E-state index < -0.39 is 29.3 Å². The Morgan fingerprint density at radius 3 is 2.73 bits per heavy atom. The molecule has 3 rings (SSSR count). The lowest BCUT2D eigenvalue weighted by Gasteiger charge is -2.09. The number of benzene rings is 2. The van der Waals surface area contributed by atoms with Crippen LogP contribution in [0.2, 0.25) is 0 Å². The molecule has 0 aliphatic carbocycles. The third kappa shape index (κ3) is 4.02. The number of esters is 1. The van der Waals surface area contributed by atoms with Gasteiger partial charge in [0.2, 0.25) is 6.79 Å². The highest BCUT2D eigenvalue weighted by atomic mass is 32.2.